The summed E-state index contributed by atoms with van der Waals surface area (Å²) in [6, 6.07) is 14.7. The molecule has 2 aromatic carbocycles. The SMILES string of the molecule is Cc1ccc([S+]([O-])CC2=CCCC(C)(C)c3cc(C)ccc32)cc1. The van der Waals surface area contributed by atoms with Gasteiger partial charge in [0, 0.05) is 5.57 Å². The van der Waals surface area contributed by atoms with Gasteiger partial charge in [-0.15, -0.1) is 0 Å². The average Bonchev–Trinajstić information content (AvgIpc) is 2.65. The third kappa shape index (κ3) is 3.60. The van der Waals surface area contributed by atoms with Crippen molar-refractivity contribution in [3.8, 4) is 0 Å². The van der Waals surface area contributed by atoms with Crippen molar-refractivity contribution in [2.45, 2.75) is 50.8 Å². The second kappa shape index (κ2) is 6.78. The molecule has 2 aromatic rings. The van der Waals surface area contributed by atoms with E-state index >= 15 is 0 Å². The fourth-order valence-electron chi connectivity index (χ4n) is 3.40. The first-order valence-corrected chi connectivity index (χ1v) is 9.94. The summed E-state index contributed by atoms with van der Waals surface area (Å²) in [7, 11) is 0. The number of aryl methyl sites for hydroxylation is 2. The van der Waals surface area contributed by atoms with Gasteiger partial charge in [-0.1, -0.05) is 61.4 Å². The third-order valence-corrected chi connectivity index (χ3v) is 6.35. The molecule has 0 heterocycles. The van der Waals surface area contributed by atoms with Crippen LogP contribution in [0, 0.1) is 13.8 Å². The zero-order chi connectivity index (χ0) is 17.3. The Bertz CT molecular complexity index is 756. The largest absolute Gasteiger partial charge is 0.611 e. The van der Waals surface area contributed by atoms with Crippen LogP contribution in [0.5, 0.6) is 0 Å². The van der Waals surface area contributed by atoms with Crippen molar-refractivity contribution in [1.82, 2.24) is 0 Å². The summed E-state index contributed by atoms with van der Waals surface area (Å²) >= 11 is -1.00. The number of allylic oxidation sites excluding steroid dienone is 1. The van der Waals surface area contributed by atoms with Crippen molar-refractivity contribution in [1.29, 1.82) is 0 Å². The van der Waals surface area contributed by atoms with Crippen molar-refractivity contribution in [2.24, 2.45) is 0 Å². The highest BCUT2D eigenvalue weighted by atomic mass is 32.2. The van der Waals surface area contributed by atoms with Crippen molar-refractivity contribution in [3.63, 3.8) is 0 Å². The van der Waals surface area contributed by atoms with Gasteiger partial charge in [0.25, 0.3) is 0 Å². The highest BCUT2D eigenvalue weighted by Gasteiger charge is 2.28. The Balaban J connectivity index is 1.93. The van der Waals surface area contributed by atoms with Gasteiger partial charge in [0.05, 0.1) is 0 Å². The van der Waals surface area contributed by atoms with Crippen molar-refractivity contribution < 1.29 is 4.55 Å². The molecule has 0 bridgehead atoms. The first kappa shape index (κ1) is 17.3. The Morgan fingerprint density at radius 3 is 2.38 bits per heavy atom. The zero-order valence-corrected chi connectivity index (χ0v) is 15.9. The lowest BCUT2D eigenvalue weighted by atomic mass is 9.78. The maximum atomic E-state index is 12.8. The summed E-state index contributed by atoms with van der Waals surface area (Å²) < 4.78 is 12.8. The maximum absolute atomic E-state index is 12.8. The van der Waals surface area contributed by atoms with E-state index in [1.807, 2.05) is 24.3 Å². The molecule has 126 valence electrons. The van der Waals surface area contributed by atoms with Crippen LogP contribution in [0.25, 0.3) is 5.57 Å². The first-order chi connectivity index (χ1) is 11.4. The topological polar surface area (TPSA) is 23.1 Å². The van der Waals surface area contributed by atoms with Crippen LogP contribution < -0.4 is 0 Å². The van der Waals surface area contributed by atoms with Crippen LogP contribution in [0.4, 0.5) is 0 Å². The Morgan fingerprint density at radius 1 is 1.00 bits per heavy atom. The lowest BCUT2D eigenvalue weighted by Crippen LogP contribution is -2.18. The minimum absolute atomic E-state index is 0.158. The number of rotatable bonds is 3. The normalized spacial score (nSPS) is 17.6. The minimum Gasteiger partial charge on any atom is -0.611 e. The van der Waals surface area contributed by atoms with Crippen LogP contribution in [0.3, 0.4) is 0 Å². The second-order valence-corrected chi connectivity index (χ2v) is 8.95. The van der Waals surface area contributed by atoms with E-state index in [-0.39, 0.29) is 5.41 Å². The van der Waals surface area contributed by atoms with Gasteiger partial charge in [-0.3, -0.25) is 0 Å². The Labute approximate surface area is 149 Å². The van der Waals surface area contributed by atoms with Gasteiger partial charge >= 0.3 is 0 Å². The molecule has 0 saturated carbocycles. The number of fused-ring (bicyclic) bond motifs is 1. The molecule has 1 unspecified atom stereocenters. The fraction of sp³-hybridized carbons (Fsp3) is 0.364. The quantitative estimate of drug-likeness (QED) is 0.671. The van der Waals surface area contributed by atoms with E-state index in [1.165, 1.54) is 27.8 Å². The standard InChI is InChI=1S/C22H26OS/c1-16-7-10-19(11-8-16)24(23)15-18-6-5-13-22(3,4)21-14-17(2)9-12-20(18)21/h6-12,14H,5,13,15H2,1-4H3. The molecule has 3 rings (SSSR count). The minimum atomic E-state index is -1.00. The molecule has 0 N–H and O–H groups in total. The van der Waals surface area contributed by atoms with Crippen molar-refractivity contribution >= 4 is 16.7 Å². The van der Waals surface area contributed by atoms with Crippen LogP contribution >= 0.6 is 0 Å². The van der Waals surface area contributed by atoms with Gasteiger partial charge in [-0.2, -0.15) is 0 Å². The van der Waals surface area contributed by atoms with Crippen LogP contribution in [0.1, 0.15) is 48.9 Å². The Hall–Kier alpha value is -1.51. The third-order valence-electron chi connectivity index (χ3n) is 4.98. The molecule has 0 amide bonds. The smallest absolute Gasteiger partial charge is 0.153 e. The summed E-state index contributed by atoms with van der Waals surface area (Å²) in [5.74, 6) is 0.592. The molecular weight excluding hydrogens is 312 g/mol. The van der Waals surface area contributed by atoms with Crippen molar-refractivity contribution in [2.75, 3.05) is 5.75 Å². The van der Waals surface area contributed by atoms with Gasteiger partial charge in [-0.25, -0.2) is 0 Å². The van der Waals surface area contributed by atoms with Crippen LogP contribution in [0.2, 0.25) is 0 Å². The zero-order valence-electron chi connectivity index (χ0n) is 15.1. The van der Waals surface area contributed by atoms with Gasteiger partial charge in [0.15, 0.2) is 4.90 Å². The van der Waals surface area contributed by atoms with E-state index < -0.39 is 11.2 Å². The maximum Gasteiger partial charge on any atom is 0.153 e. The molecule has 0 radical (unpaired) electrons. The van der Waals surface area contributed by atoms with E-state index in [9.17, 15) is 4.55 Å². The molecule has 2 heteroatoms. The summed E-state index contributed by atoms with van der Waals surface area (Å²) in [5.41, 5.74) is 6.56. The van der Waals surface area contributed by atoms with Crippen LogP contribution in [0.15, 0.2) is 53.4 Å². The lowest BCUT2D eigenvalue weighted by Gasteiger charge is -2.26. The fourth-order valence-corrected chi connectivity index (χ4v) is 4.56. The second-order valence-electron chi connectivity index (χ2n) is 7.50. The molecule has 0 aromatic heterocycles. The lowest BCUT2D eigenvalue weighted by molar-refractivity contribution is 0.487. The number of hydrogen-bond acceptors (Lipinski definition) is 1. The summed E-state index contributed by atoms with van der Waals surface area (Å²) in [6.45, 7) is 8.84. The number of benzene rings is 2. The van der Waals surface area contributed by atoms with E-state index in [2.05, 4.69) is 52.0 Å². The summed E-state index contributed by atoms with van der Waals surface area (Å²) in [5, 5.41) is 0. The molecule has 0 saturated heterocycles. The highest BCUT2D eigenvalue weighted by Crippen LogP contribution is 2.39. The van der Waals surface area contributed by atoms with Crippen LogP contribution in [-0.4, -0.2) is 10.3 Å². The monoisotopic (exact) mass is 338 g/mol. The predicted octanol–water partition coefficient (Wildman–Crippen LogP) is 5.57. The molecule has 0 spiro atoms. The van der Waals surface area contributed by atoms with E-state index in [0.717, 1.165) is 17.7 Å². The molecule has 0 fully saturated rings. The van der Waals surface area contributed by atoms with E-state index in [4.69, 9.17) is 0 Å². The average molecular weight is 339 g/mol. The molecule has 1 nitrogen and oxygen atoms in total. The Kier molecular flexibility index (Phi) is 4.89. The summed E-state index contributed by atoms with van der Waals surface area (Å²) in [6.07, 6.45) is 4.47. The van der Waals surface area contributed by atoms with Gasteiger partial charge in [-0.05, 0) is 66.5 Å². The summed E-state index contributed by atoms with van der Waals surface area (Å²) in [4.78, 5) is 0.915. The molecule has 0 aliphatic heterocycles. The highest BCUT2D eigenvalue weighted by molar-refractivity contribution is 7.91. The molecule has 1 atom stereocenters. The van der Waals surface area contributed by atoms with Gasteiger partial charge in [0.1, 0.15) is 5.75 Å². The number of hydrogen-bond donors (Lipinski definition) is 0. The Morgan fingerprint density at radius 2 is 1.67 bits per heavy atom. The van der Waals surface area contributed by atoms with E-state index in [1.54, 1.807) is 0 Å². The van der Waals surface area contributed by atoms with Crippen molar-refractivity contribution in [3.05, 3.63) is 70.8 Å². The first-order valence-electron chi connectivity index (χ1n) is 8.62. The van der Waals surface area contributed by atoms with Gasteiger partial charge in [0.2, 0.25) is 0 Å². The van der Waals surface area contributed by atoms with Gasteiger partial charge < -0.3 is 4.55 Å². The van der Waals surface area contributed by atoms with E-state index in [0.29, 0.717) is 5.75 Å². The molecule has 1 aliphatic rings. The van der Waals surface area contributed by atoms with Crippen LogP contribution in [-0.2, 0) is 16.6 Å². The predicted molar refractivity (Wildman–Crippen MR) is 104 cm³/mol. The molecule has 24 heavy (non-hydrogen) atoms. The molecular formula is C22H26OS. The molecule has 1 aliphatic carbocycles.